The lowest BCUT2D eigenvalue weighted by Gasteiger charge is -2.20. The van der Waals surface area contributed by atoms with Crippen molar-refractivity contribution in [3.63, 3.8) is 0 Å². The molecule has 23 heavy (non-hydrogen) atoms. The molecule has 1 fully saturated rings. The molecule has 0 N–H and O–H groups in total. The Labute approximate surface area is 140 Å². The van der Waals surface area contributed by atoms with Gasteiger partial charge >= 0.3 is 0 Å². The quantitative estimate of drug-likeness (QED) is 0.861. The Kier molecular flexibility index (Phi) is 5.23. The second-order valence-electron chi connectivity index (χ2n) is 5.82. The standard InChI is InChI=1S/C17H21N3O2S/c1-13-16(19-23-18-13)12-22-15-8-6-7-14(11-15)17(21)20-9-4-2-3-5-10-20/h6-8,11H,2-5,9-10,12H2,1H3. The zero-order valence-electron chi connectivity index (χ0n) is 13.3. The lowest BCUT2D eigenvalue weighted by atomic mass is 10.2. The predicted molar refractivity (Wildman–Crippen MR) is 89.8 cm³/mol. The van der Waals surface area contributed by atoms with Gasteiger partial charge in [-0.2, -0.15) is 8.75 Å². The normalized spacial score (nSPS) is 15.3. The summed E-state index contributed by atoms with van der Waals surface area (Å²) in [6.07, 6.45) is 4.62. The Hall–Kier alpha value is -1.95. The van der Waals surface area contributed by atoms with Crippen molar-refractivity contribution < 1.29 is 9.53 Å². The fourth-order valence-electron chi connectivity index (χ4n) is 2.71. The van der Waals surface area contributed by atoms with E-state index in [1.54, 1.807) is 0 Å². The predicted octanol–water partition coefficient (Wildman–Crippen LogP) is 3.44. The molecule has 1 aliphatic rings. The van der Waals surface area contributed by atoms with Gasteiger partial charge in [0.05, 0.1) is 17.4 Å². The fraction of sp³-hybridized carbons (Fsp3) is 0.471. The van der Waals surface area contributed by atoms with E-state index in [0.29, 0.717) is 17.9 Å². The third-order valence-corrected chi connectivity index (χ3v) is 4.75. The number of amides is 1. The summed E-state index contributed by atoms with van der Waals surface area (Å²) in [7, 11) is 0. The topological polar surface area (TPSA) is 55.3 Å². The molecule has 1 aromatic carbocycles. The van der Waals surface area contributed by atoms with Crippen LogP contribution in [0.1, 0.15) is 47.4 Å². The van der Waals surface area contributed by atoms with Crippen molar-refractivity contribution in [3.05, 3.63) is 41.2 Å². The molecule has 6 heteroatoms. The van der Waals surface area contributed by atoms with Crippen LogP contribution in [-0.4, -0.2) is 32.6 Å². The van der Waals surface area contributed by atoms with E-state index < -0.39 is 0 Å². The number of rotatable bonds is 4. The maximum absolute atomic E-state index is 12.6. The molecule has 122 valence electrons. The molecular weight excluding hydrogens is 310 g/mol. The number of carbonyl (C=O) groups excluding carboxylic acids is 1. The summed E-state index contributed by atoms with van der Waals surface area (Å²) in [5.74, 6) is 0.793. The molecule has 0 unspecified atom stereocenters. The summed E-state index contributed by atoms with van der Waals surface area (Å²) in [6.45, 7) is 4.01. The van der Waals surface area contributed by atoms with Crippen LogP contribution >= 0.6 is 11.7 Å². The third-order valence-electron chi connectivity index (χ3n) is 4.10. The summed E-state index contributed by atoms with van der Waals surface area (Å²) in [5.41, 5.74) is 2.43. The molecule has 1 aliphatic heterocycles. The first kappa shape index (κ1) is 15.9. The van der Waals surface area contributed by atoms with Crippen LogP contribution in [0.3, 0.4) is 0 Å². The van der Waals surface area contributed by atoms with Crippen molar-refractivity contribution in [3.8, 4) is 5.75 Å². The molecule has 0 saturated carbocycles. The Morgan fingerprint density at radius 1 is 1.22 bits per heavy atom. The van der Waals surface area contributed by atoms with Gasteiger partial charge in [0.1, 0.15) is 18.1 Å². The highest BCUT2D eigenvalue weighted by Gasteiger charge is 2.17. The van der Waals surface area contributed by atoms with Gasteiger partial charge in [-0.3, -0.25) is 4.79 Å². The fourth-order valence-corrected chi connectivity index (χ4v) is 3.26. The number of aryl methyl sites for hydroxylation is 1. The van der Waals surface area contributed by atoms with E-state index in [1.165, 1.54) is 24.6 Å². The van der Waals surface area contributed by atoms with Crippen LogP contribution in [0.2, 0.25) is 0 Å². The van der Waals surface area contributed by atoms with Crippen LogP contribution in [-0.2, 0) is 6.61 Å². The Bertz CT molecular complexity index is 663. The van der Waals surface area contributed by atoms with Gasteiger partial charge in [0, 0.05) is 18.7 Å². The van der Waals surface area contributed by atoms with Crippen LogP contribution in [0, 0.1) is 6.92 Å². The number of aromatic nitrogens is 2. The van der Waals surface area contributed by atoms with Gasteiger partial charge in [-0.15, -0.1) is 0 Å². The van der Waals surface area contributed by atoms with E-state index in [2.05, 4.69) is 8.75 Å². The third kappa shape index (κ3) is 4.07. The zero-order chi connectivity index (χ0) is 16.1. The van der Waals surface area contributed by atoms with E-state index in [0.717, 1.165) is 37.3 Å². The Morgan fingerprint density at radius 3 is 2.70 bits per heavy atom. The molecule has 0 bridgehead atoms. The molecule has 0 radical (unpaired) electrons. The lowest BCUT2D eigenvalue weighted by molar-refractivity contribution is 0.0761. The van der Waals surface area contributed by atoms with E-state index in [1.807, 2.05) is 36.1 Å². The van der Waals surface area contributed by atoms with Gasteiger partial charge in [-0.25, -0.2) is 0 Å². The minimum absolute atomic E-state index is 0.101. The van der Waals surface area contributed by atoms with Crippen molar-refractivity contribution in [1.29, 1.82) is 0 Å². The van der Waals surface area contributed by atoms with Crippen LogP contribution < -0.4 is 4.74 Å². The van der Waals surface area contributed by atoms with Crippen LogP contribution in [0.4, 0.5) is 0 Å². The minimum atomic E-state index is 0.101. The largest absolute Gasteiger partial charge is 0.487 e. The molecule has 2 aromatic rings. The summed E-state index contributed by atoms with van der Waals surface area (Å²) in [5, 5.41) is 0. The van der Waals surface area contributed by atoms with E-state index >= 15 is 0 Å². The first-order valence-electron chi connectivity index (χ1n) is 8.04. The SMILES string of the molecule is Cc1nsnc1COc1cccc(C(=O)N2CCCCCC2)c1. The molecule has 1 amide bonds. The Balaban J connectivity index is 1.66. The average Bonchev–Trinajstić information content (AvgIpc) is 2.82. The number of carbonyl (C=O) groups is 1. The van der Waals surface area contributed by atoms with Gasteiger partial charge < -0.3 is 9.64 Å². The molecule has 0 spiro atoms. The highest BCUT2D eigenvalue weighted by molar-refractivity contribution is 6.99. The van der Waals surface area contributed by atoms with Gasteiger partial charge in [0.2, 0.25) is 0 Å². The van der Waals surface area contributed by atoms with Gasteiger partial charge in [0.15, 0.2) is 0 Å². The first-order valence-corrected chi connectivity index (χ1v) is 8.77. The number of nitrogens with zero attached hydrogens (tertiary/aromatic N) is 3. The van der Waals surface area contributed by atoms with Crippen molar-refractivity contribution >= 4 is 17.6 Å². The number of hydrogen-bond donors (Lipinski definition) is 0. The first-order chi connectivity index (χ1) is 11.2. The second kappa shape index (κ2) is 7.55. The molecule has 5 nitrogen and oxygen atoms in total. The van der Waals surface area contributed by atoms with Crippen LogP contribution in [0.5, 0.6) is 5.75 Å². The maximum Gasteiger partial charge on any atom is 0.253 e. The maximum atomic E-state index is 12.6. The zero-order valence-corrected chi connectivity index (χ0v) is 14.1. The van der Waals surface area contributed by atoms with Gasteiger partial charge in [0.25, 0.3) is 5.91 Å². The van der Waals surface area contributed by atoms with Crippen molar-refractivity contribution in [2.75, 3.05) is 13.1 Å². The van der Waals surface area contributed by atoms with Crippen molar-refractivity contribution in [2.45, 2.75) is 39.2 Å². The minimum Gasteiger partial charge on any atom is -0.487 e. The number of benzene rings is 1. The van der Waals surface area contributed by atoms with E-state index in [-0.39, 0.29) is 5.91 Å². The van der Waals surface area contributed by atoms with Gasteiger partial charge in [-0.1, -0.05) is 18.9 Å². The average molecular weight is 331 g/mol. The van der Waals surface area contributed by atoms with E-state index in [4.69, 9.17) is 4.74 Å². The Morgan fingerprint density at radius 2 is 2.00 bits per heavy atom. The van der Waals surface area contributed by atoms with E-state index in [9.17, 15) is 4.79 Å². The summed E-state index contributed by atoms with van der Waals surface area (Å²) >= 11 is 1.19. The lowest BCUT2D eigenvalue weighted by Crippen LogP contribution is -2.31. The summed E-state index contributed by atoms with van der Waals surface area (Å²) in [6, 6.07) is 7.42. The molecular formula is C17H21N3O2S. The molecule has 2 heterocycles. The molecule has 0 aliphatic carbocycles. The van der Waals surface area contributed by atoms with Crippen molar-refractivity contribution in [1.82, 2.24) is 13.6 Å². The highest BCUT2D eigenvalue weighted by atomic mass is 32.1. The summed E-state index contributed by atoms with van der Waals surface area (Å²) < 4.78 is 14.1. The number of likely N-dealkylation sites (tertiary alicyclic amines) is 1. The van der Waals surface area contributed by atoms with Crippen molar-refractivity contribution in [2.24, 2.45) is 0 Å². The second-order valence-corrected chi connectivity index (χ2v) is 6.35. The molecule has 1 saturated heterocycles. The number of ether oxygens (including phenoxy) is 1. The van der Waals surface area contributed by atoms with Crippen LogP contribution in [0.15, 0.2) is 24.3 Å². The molecule has 1 aromatic heterocycles. The summed E-state index contributed by atoms with van der Waals surface area (Å²) in [4.78, 5) is 14.6. The van der Waals surface area contributed by atoms with Gasteiger partial charge in [-0.05, 0) is 38.0 Å². The molecule has 3 rings (SSSR count). The van der Waals surface area contributed by atoms with Crippen LogP contribution in [0.25, 0.3) is 0 Å². The monoisotopic (exact) mass is 331 g/mol. The highest BCUT2D eigenvalue weighted by Crippen LogP contribution is 2.19. The smallest absolute Gasteiger partial charge is 0.253 e. The number of hydrogen-bond acceptors (Lipinski definition) is 5. The molecule has 0 atom stereocenters.